The van der Waals surface area contributed by atoms with E-state index in [4.69, 9.17) is 21.2 Å². The van der Waals surface area contributed by atoms with Gasteiger partial charge in [0.2, 0.25) is 5.91 Å². The van der Waals surface area contributed by atoms with Gasteiger partial charge >= 0.3 is 0 Å². The quantitative estimate of drug-likeness (QED) is 0.807. The topological polar surface area (TPSA) is 72.0 Å². The maximum Gasteiger partial charge on any atom is 0.238 e. The number of methoxy groups -OCH3 is 1. The van der Waals surface area contributed by atoms with E-state index in [1.54, 1.807) is 18.2 Å². The molecule has 1 heterocycles. The molecule has 2 N–H and O–H groups in total. The van der Waals surface area contributed by atoms with E-state index < -0.39 is 0 Å². The van der Waals surface area contributed by atoms with Gasteiger partial charge in [-0.25, -0.2) is 0 Å². The van der Waals surface area contributed by atoms with Crippen LogP contribution in [0.2, 0.25) is 5.02 Å². The zero-order chi connectivity index (χ0) is 15.9. The van der Waals surface area contributed by atoms with Crippen molar-refractivity contribution in [3.63, 3.8) is 0 Å². The van der Waals surface area contributed by atoms with E-state index in [1.165, 1.54) is 7.11 Å². The zero-order valence-electron chi connectivity index (χ0n) is 12.7. The number of benzene rings is 1. The Hall–Kier alpha value is -1.79. The minimum atomic E-state index is -0.140. The average molecular weight is 326 g/mol. The Balaban J connectivity index is 1.72. The van der Waals surface area contributed by atoms with Crippen molar-refractivity contribution in [1.29, 1.82) is 0 Å². The lowest BCUT2D eigenvalue weighted by atomic mass is 10.1. The molecule has 1 aliphatic heterocycles. The van der Waals surface area contributed by atoms with Gasteiger partial charge in [0.15, 0.2) is 0 Å². The Kier molecular flexibility index (Phi) is 6.03. The SMILES string of the molecule is CCC1=NO[C@H](CNCC(=O)Nc2ccc(Cl)c(OC)c2)C1. The summed E-state index contributed by atoms with van der Waals surface area (Å²) in [5, 5.41) is 10.3. The number of amides is 1. The zero-order valence-corrected chi connectivity index (χ0v) is 13.4. The van der Waals surface area contributed by atoms with Crippen molar-refractivity contribution < 1.29 is 14.4 Å². The van der Waals surface area contributed by atoms with Crippen LogP contribution in [0.5, 0.6) is 5.75 Å². The monoisotopic (exact) mass is 325 g/mol. The van der Waals surface area contributed by atoms with Gasteiger partial charge in [-0.05, 0) is 18.6 Å². The number of nitrogens with one attached hydrogen (secondary N) is 2. The van der Waals surface area contributed by atoms with Crippen LogP contribution in [0.3, 0.4) is 0 Å². The summed E-state index contributed by atoms with van der Waals surface area (Å²) in [6, 6.07) is 5.09. The maximum atomic E-state index is 11.9. The fourth-order valence-corrected chi connectivity index (χ4v) is 2.29. The third kappa shape index (κ3) is 4.61. The molecule has 1 aliphatic rings. The van der Waals surface area contributed by atoms with Gasteiger partial charge in [-0.3, -0.25) is 4.79 Å². The number of nitrogens with zero attached hydrogens (tertiary/aromatic N) is 1. The highest BCUT2D eigenvalue weighted by Gasteiger charge is 2.19. The van der Waals surface area contributed by atoms with E-state index in [-0.39, 0.29) is 18.6 Å². The Morgan fingerprint density at radius 1 is 1.55 bits per heavy atom. The molecule has 0 saturated carbocycles. The molecule has 0 fully saturated rings. The number of hydrogen-bond donors (Lipinski definition) is 2. The lowest BCUT2D eigenvalue weighted by molar-refractivity contribution is -0.115. The fraction of sp³-hybridized carbons (Fsp3) is 0.467. The molecule has 7 heteroatoms. The van der Waals surface area contributed by atoms with Gasteiger partial charge in [0.05, 0.1) is 24.4 Å². The van der Waals surface area contributed by atoms with E-state index in [1.807, 2.05) is 6.92 Å². The predicted molar refractivity (Wildman–Crippen MR) is 86.7 cm³/mol. The summed E-state index contributed by atoms with van der Waals surface area (Å²) in [5.41, 5.74) is 1.70. The molecular weight excluding hydrogens is 306 g/mol. The molecule has 0 saturated heterocycles. The lowest BCUT2D eigenvalue weighted by Gasteiger charge is -2.11. The Bertz CT molecular complexity index is 563. The number of halogens is 1. The molecule has 1 aromatic rings. The van der Waals surface area contributed by atoms with Crippen LogP contribution in [0.1, 0.15) is 19.8 Å². The first-order valence-corrected chi connectivity index (χ1v) is 7.55. The third-order valence-electron chi connectivity index (χ3n) is 3.29. The number of rotatable bonds is 7. The van der Waals surface area contributed by atoms with Crippen molar-refractivity contribution in [2.24, 2.45) is 5.16 Å². The molecule has 0 unspecified atom stereocenters. The van der Waals surface area contributed by atoms with Crippen LogP contribution in [0.25, 0.3) is 0 Å². The molecule has 120 valence electrons. The van der Waals surface area contributed by atoms with Gasteiger partial charge in [0.1, 0.15) is 11.9 Å². The van der Waals surface area contributed by atoms with Crippen LogP contribution in [-0.2, 0) is 9.63 Å². The van der Waals surface area contributed by atoms with Crippen molar-refractivity contribution in [2.45, 2.75) is 25.9 Å². The molecule has 0 radical (unpaired) electrons. The smallest absolute Gasteiger partial charge is 0.238 e. The molecule has 0 aromatic heterocycles. The van der Waals surface area contributed by atoms with E-state index in [0.717, 1.165) is 18.6 Å². The molecule has 0 spiro atoms. The van der Waals surface area contributed by atoms with Crippen molar-refractivity contribution in [3.05, 3.63) is 23.2 Å². The largest absolute Gasteiger partial charge is 0.495 e. The van der Waals surface area contributed by atoms with Gasteiger partial charge in [-0.15, -0.1) is 0 Å². The van der Waals surface area contributed by atoms with Crippen LogP contribution in [0.4, 0.5) is 5.69 Å². The van der Waals surface area contributed by atoms with Gasteiger partial charge in [-0.1, -0.05) is 23.7 Å². The Labute approximate surface area is 134 Å². The summed E-state index contributed by atoms with van der Waals surface area (Å²) in [7, 11) is 1.53. The van der Waals surface area contributed by atoms with E-state index in [2.05, 4.69) is 15.8 Å². The second-order valence-corrected chi connectivity index (χ2v) is 5.38. The average Bonchev–Trinajstić information content (AvgIpc) is 2.97. The number of carbonyl (C=O) groups is 1. The molecule has 0 bridgehead atoms. The first kappa shape index (κ1) is 16.6. The highest BCUT2D eigenvalue weighted by atomic mass is 35.5. The van der Waals surface area contributed by atoms with Crippen molar-refractivity contribution in [2.75, 3.05) is 25.5 Å². The highest BCUT2D eigenvalue weighted by molar-refractivity contribution is 6.32. The minimum Gasteiger partial charge on any atom is -0.495 e. The van der Waals surface area contributed by atoms with E-state index >= 15 is 0 Å². The molecule has 1 atom stereocenters. The number of carbonyl (C=O) groups excluding carboxylic acids is 1. The molecule has 1 aromatic carbocycles. The predicted octanol–water partition coefficient (Wildman–Crippen LogP) is 2.43. The Morgan fingerprint density at radius 3 is 3.05 bits per heavy atom. The summed E-state index contributed by atoms with van der Waals surface area (Å²) < 4.78 is 5.11. The summed E-state index contributed by atoms with van der Waals surface area (Å²) in [5.74, 6) is 0.384. The lowest BCUT2D eigenvalue weighted by Crippen LogP contribution is -2.34. The summed E-state index contributed by atoms with van der Waals surface area (Å²) in [6.07, 6.45) is 1.73. The van der Waals surface area contributed by atoms with Crippen molar-refractivity contribution in [1.82, 2.24) is 5.32 Å². The number of hydrogen-bond acceptors (Lipinski definition) is 5. The number of anilines is 1. The molecular formula is C15H20ClN3O3. The molecule has 6 nitrogen and oxygen atoms in total. The van der Waals surface area contributed by atoms with E-state index in [9.17, 15) is 4.79 Å². The van der Waals surface area contributed by atoms with Crippen molar-refractivity contribution in [3.8, 4) is 5.75 Å². The van der Waals surface area contributed by atoms with Crippen LogP contribution in [0, 0.1) is 0 Å². The first-order valence-electron chi connectivity index (χ1n) is 7.18. The Morgan fingerprint density at radius 2 is 2.36 bits per heavy atom. The van der Waals surface area contributed by atoms with Crippen LogP contribution >= 0.6 is 11.6 Å². The number of ether oxygens (including phenoxy) is 1. The van der Waals surface area contributed by atoms with Crippen LogP contribution in [0.15, 0.2) is 23.4 Å². The minimum absolute atomic E-state index is 0.0124. The van der Waals surface area contributed by atoms with Gasteiger partial charge < -0.3 is 20.2 Å². The van der Waals surface area contributed by atoms with Crippen LogP contribution < -0.4 is 15.4 Å². The second kappa shape index (κ2) is 8.00. The molecule has 2 rings (SSSR count). The van der Waals surface area contributed by atoms with Gasteiger partial charge in [-0.2, -0.15) is 0 Å². The fourth-order valence-electron chi connectivity index (χ4n) is 2.09. The summed E-state index contributed by atoms with van der Waals surface area (Å²) in [4.78, 5) is 17.1. The normalized spacial score (nSPS) is 16.9. The third-order valence-corrected chi connectivity index (χ3v) is 3.61. The standard InChI is InChI=1S/C15H20ClN3O3/c1-3-10-6-12(22-19-10)8-17-9-15(20)18-11-4-5-13(16)14(7-11)21-2/h4-5,7,12,17H,3,6,8-9H2,1-2H3,(H,18,20)/t12-/m0/s1. The maximum absolute atomic E-state index is 11.9. The summed E-state index contributed by atoms with van der Waals surface area (Å²) >= 11 is 5.94. The summed E-state index contributed by atoms with van der Waals surface area (Å²) in [6.45, 7) is 2.84. The molecule has 0 aliphatic carbocycles. The first-order chi connectivity index (χ1) is 10.6. The van der Waals surface area contributed by atoms with E-state index in [0.29, 0.717) is 23.0 Å². The van der Waals surface area contributed by atoms with Crippen molar-refractivity contribution >= 4 is 28.9 Å². The molecule has 22 heavy (non-hydrogen) atoms. The van der Waals surface area contributed by atoms with Gasteiger partial charge in [0, 0.05) is 24.7 Å². The highest BCUT2D eigenvalue weighted by Crippen LogP contribution is 2.27. The molecule has 1 amide bonds. The van der Waals surface area contributed by atoms with Crippen LogP contribution in [-0.4, -0.2) is 37.9 Å². The van der Waals surface area contributed by atoms with Gasteiger partial charge in [0.25, 0.3) is 0 Å². The number of oxime groups is 1. The second-order valence-electron chi connectivity index (χ2n) is 4.97.